The maximum Gasteiger partial charge on any atom is 0.239 e. The molecule has 2 aliphatic rings. The quantitative estimate of drug-likeness (QED) is 0.785. The van der Waals surface area contributed by atoms with E-state index in [2.05, 4.69) is 17.1 Å². The maximum atomic E-state index is 12.2. The molecular weight excluding hydrogens is 208 g/mol. The predicted molar refractivity (Wildman–Crippen MR) is 64.1 cm³/mol. The van der Waals surface area contributed by atoms with Crippen LogP contribution in [0.2, 0.25) is 0 Å². The van der Waals surface area contributed by atoms with Crippen LogP contribution in [0.1, 0.15) is 26.2 Å². The molecule has 0 aromatic heterocycles. The predicted octanol–water partition coefficient (Wildman–Crippen LogP) is 1.09. The fourth-order valence-corrected chi connectivity index (χ4v) is 3.68. The molecule has 2 atom stereocenters. The molecule has 3 nitrogen and oxygen atoms in total. The van der Waals surface area contributed by atoms with E-state index in [-0.39, 0.29) is 6.04 Å². The van der Waals surface area contributed by atoms with Gasteiger partial charge in [-0.2, -0.15) is 11.8 Å². The minimum atomic E-state index is 0.107. The molecule has 2 aliphatic heterocycles. The SMILES string of the molecule is CCN(C(=O)C1CCCN1)C1CCSC1. The highest BCUT2D eigenvalue weighted by molar-refractivity contribution is 7.99. The lowest BCUT2D eigenvalue weighted by molar-refractivity contribution is -0.134. The van der Waals surface area contributed by atoms with E-state index < -0.39 is 0 Å². The molecule has 2 unspecified atom stereocenters. The zero-order valence-electron chi connectivity index (χ0n) is 9.37. The van der Waals surface area contributed by atoms with Gasteiger partial charge in [0.2, 0.25) is 5.91 Å². The third-order valence-electron chi connectivity index (χ3n) is 3.33. The number of nitrogens with one attached hydrogen (secondary N) is 1. The van der Waals surface area contributed by atoms with Crippen molar-refractivity contribution in [2.75, 3.05) is 24.6 Å². The Hall–Kier alpha value is -0.220. The average Bonchev–Trinajstić information content (AvgIpc) is 2.91. The maximum absolute atomic E-state index is 12.2. The Labute approximate surface area is 96.0 Å². The van der Waals surface area contributed by atoms with Crippen molar-refractivity contribution in [2.45, 2.75) is 38.3 Å². The smallest absolute Gasteiger partial charge is 0.239 e. The van der Waals surface area contributed by atoms with Crippen LogP contribution in [0.25, 0.3) is 0 Å². The van der Waals surface area contributed by atoms with Gasteiger partial charge in [-0.05, 0) is 38.5 Å². The monoisotopic (exact) mass is 228 g/mol. The molecule has 1 N–H and O–H groups in total. The van der Waals surface area contributed by atoms with E-state index in [0.29, 0.717) is 11.9 Å². The molecule has 2 heterocycles. The molecule has 0 saturated carbocycles. The summed E-state index contributed by atoms with van der Waals surface area (Å²) >= 11 is 1.97. The normalized spacial score (nSPS) is 30.7. The third kappa shape index (κ3) is 2.48. The molecular formula is C11H20N2OS. The van der Waals surface area contributed by atoms with E-state index in [9.17, 15) is 4.79 Å². The van der Waals surface area contributed by atoms with Gasteiger partial charge in [-0.1, -0.05) is 0 Å². The molecule has 0 bridgehead atoms. The second-order valence-electron chi connectivity index (χ2n) is 4.29. The van der Waals surface area contributed by atoms with Crippen LogP contribution in [-0.4, -0.2) is 47.5 Å². The number of hydrogen-bond acceptors (Lipinski definition) is 3. The lowest BCUT2D eigenvalue weighted by Crippen LogP contribution is -2.48. The van der Waals surface area contributed by atoms with Gasteiger partial charge in [0.05, 0.1) is 6.04 Å². The third-order valence-corrected chi connectivity index (χ3v) is 4.47. The Kier molecular flexibility index (Phi) is 3.92. The van der Waals surface area contributed by atoms with Gasteiger partial charge < -0.3 is 10.2 Å². The van der Waals surface area contributed by atoms with Crippen molar-refractivity contribution in [1.82, 2.24) is 10.2 Å². The van der Waals surface area contributed by atoms with Crippen molar-refractivity contribution in [3.8, 4) is 0 Å². The second-order valence-corrected chi connectivity index (χ2v) is 5.44. The lowest BCUT2D eigenvalue weighted by atomic mass is 10.1. The number of nitrogens with zero attached hydrogens (tertiary/aromatic N) is 1. The molecule has 2 fully saturated rings. The van der Waals surface area contributed by atoms with Crippen LogP contribution in [0.4, 0.5) is 0 Å². The summed E-state index contributed by atoms with van der Waals surface area (Å²) in [4.78, 5) is 14.3. The van der Waals surface area contributed by atoms with Crippen molar-refractivity contribution in [1.29, 1.82) is 0 Å². The van der Waals surface area contributed by atoms with Crippen LogP contribution in [-0.2, 0) is 4.79 Å². The Balaban J connectivity index is 1.95. The van der Waals surface area contributed by atoms with Gasteiger partial charge in [0.1, 0.15) is 0 Å². The molecule has 2 saturated heterocycles. The minimum absolute atomic E-state index is 0.107. The molecule has 15 heavy (non-hydrogen) atoms. The second kappa shape index (κ2) is 5.21. The molecule has 1 amide bonds. The van der Waals surface area contributed by atoms with Crippen LogP contribution in [0.3, 0.4) is 0 Å². The zero-order chi connectivity index (χ0) is 10.7. The van der Waals surface area contributed by atoms with Crippen molar-refractivity contribution in [3.05, 3.63) is 0 Å². The van der Waals surface area contributed by atoms with E-state index >= 15 is 0 Å². The molecule has 0 aliphatic carbocycles. The number of thioether (sulfide) groups is 1. The number of hydrogen-bond donors (Lipinski definition) is 1. The van der Waals surface area contributed by atoms with Crippen molar-refractivity contribution >= 4 is 17.7 Å². The largest absolute Gasteiger partial charge is 0.338 e. The number of carbonyl (C=O) groups is 1. The van der Waals surface area contributed by atoms with Gasteiger partial charge in [-0.15, -0.1) is 0 Å². The number of likely N-dealkylation sites (N-methyl/N-ethyl adjacent to an activating group) is 1. The molecule has 86 valence electrons. The van der Waals surface area contributed by atoms with E-state index in [4.69, 9.17) is 0 Å². The highest BCUT2D eigenvalue weighted by Crippen LogP contribution is 2.23. The van der Waals surface area contributed by atoms with Gasteiger partial charge in [-0.25, -0.2) is 0 Å². The van der Waals surface area contributed by atoms with Gasteiger partial charge in [0.15, 0.2) is 0 Å². The first-order valence-electron chi connectivity index (χ1n) is 5.94. The standard InChI is InChI=1S/C11H20N2OS/c1-2-13(9-5-7-15-8-9)11(14)10-4-3-6-12-10/h9-10,12H,2-8H2,1H3. The van der Waals surface area contributed by atoms with Crippen LogP contribution < -0.4 is 5.32 Å². The zero-order valence-corrected chi connectivity index (χ0v) is 10.2. The number of rotatable bonds is 3. The fourth-order valence-electron chi connectivity index (χ4n) is 2.46. The van der Waals surface area contributed by atoms with Crippen LogP contribution in [0, 0.1) is 0 Å². The van der Waals surface area contributed by atoms with Gasteiger partial charge in [0.25, 0.3) is 0 Å². The summed E-state index contributed by atoms with van der Waals surface area (Å²) in [5.74, 6) is 2.68. The van der Waals surface area contributed by atoms with Gasteiger partial charge in [-0.3, -0.25) is 4.79 Å². The number of amides is 1. The molecule has 2 rings (SSSR count). The lowest BCUT2D eigenvalue weighted by Gasteiger charge is -2.29. The van der Waals surface area contributed by atoms with Gasteiger partial charge >= 0.3 is 0 Å². The molecule has 0 radical (unpaired) electrons. The van der Waals surface area contributed by atoms with E-state index in [1.54, 1.807) is 0 Å². The van der Waals surface area contributed by atoms with Crippen molar-refractivity contribution in [2.24, 2.45) is 0 Å². The Bertz CT molecular complexity index is 223. The first-order chi connectivity index (χ1) is 7.33. The summed E-state index contributed by atoms with van der Waals surface area (Å²) in [5.41, 5.74) is 0. The average molecular weight is 228 g/mol. The molecule has 0 spiro atoms. The Morgan fingerprint density at radius 1 is 1.53 bits per heavy atom. The first-order valence-corrected chi connectivity index (χ1v) is 7.10. The highest BCUT2D eigenvalue weighted by Gasteiger charge is 2.31. The number of carbonyl (C=O) groups excluding carboxylic acids is 1. The molecule has 0 aromatic carbocycles. The Morgan fingerprint density at radius 3 is 2.93 bits per heavy atom. The van der Waals surface area contributed by atoms with Crippen LogP contribution >= 0.6 is 11.8 Å². The van der Waals surface area contributed by atoms with Gasteiger partial charge in [0, 0.05) is 18.3 Å². The van der Waals surface area contributed by atoms with Crippen LogP contribution in [0.5, 0.6) is 0 Å². The van der Waals surface area contributed by atoms with Crippen molar-refractivity contribution in [3.63, 3.8) is 0 Å². The van der Waals surface area contributed by atoms with E-state index in [1.165, 1.54) is 12.2 Å². The summed E-state index contributed by atoms with van der Waals surface area (Å²) in [6, 6.07) is 0.602. The molecule has 4 heteroatoms. The summed E-state index contributed by atoms with van der Waals surface area (Å²) < 4.78 is 0. The molecule has 0 aromatic rings. The minimum Gasteiger partial charge on any atom is -0.338 e. The summed E-state index contributed by atoms with van der Waals surface area (Å²) in [6.45, 7) is 3.96. The summed E-state index contributed by atoms with van der Waals surface area (Å²) in [6.07, 6.45) is 3.35. The van der Waals surface area contributed by atoms with E-state index in [0.717, 1.165) is 31.7 Å². The highest BCUT2D eigenvalue weighted by atomic mass is 32.2. The summed E-state index contributed by atoms with van der Waals surface area (Å²) in [5, 5.41) is 3.30. The fraction of sp³-hybridized carbons (Fsp3) is 0.909. The topological polar surface area (TPSA) is 32.3 Å². The van der Waals surface area contributed by atoms with Crippen LogP contribution in [0.15, 0.2) is 0 Å². The first kappa shape index (κ1) is 11.3. The van der Waals surface area contributed by atoms with E-state index in [1.807, 2.05) is 11.8 Å². The van der Waals surface area contributed by atoms with Crippen molar-refractivity contribution < 1.29 is 4.79 Å². The Morgan fingerprint density at radius 2 is 2.40 bits per heavy atom. The summed E-state index contributed by atoms with van der Waals surface area (Å²) in [7, 11) is 0.